The molecule has 0 fully saturated rings. The largest absolute Gasteiger partial charge is 0.457 e. The first-order chi connectivity index (χ1) is 11.2. The summed E-state index contributed by atoms with van der Waals surface area (Å²) in [5, 5.41) is 10.5. The number of non-ortho nitro benzene ring substituents is 1. The molecular weight excluding hydrogens is 341 g/mol. The van der Waals surface area contributed by atoms with Crippen molar-refractivity contribution in [3.63, 3.8) is 0 Å². The van der Waals surface area contributed by atoms with Gasteiger partial charge >= 0.3 is 5.97 Å². The zero-order valence-corrected chi connectivity index (χ0v) is 11.5. The Morgan fingerprint density at radius 1 is 0.917 bits per heavy atom. The lowest BCUT2D eigenvalue weighted by molar-refractivity contribution is -0.384. The van der Waals surface area contributed by atoms with E-state index in [0.717, 1.165) is 24.3 Å². The normalized spacial score (nSPS) is 10.5. The minimum absolute atomic E-state index is 0.204. The first-order valence-electron chi connectivity index (χ1n) is 6.16. The Bertz CT molecular complexity index is 794. The monoisotopic (exact) mass is 347 g/mol. The van der Waals surface area contributed by atoms with E-state index in [1.165, 1.54) is 0 Å². The maximum atomic E-state index is 13.4. The number of nitrogens with zero attached hydrogens (tertiary/aromatic N) is 1. The number of esters is 1. The molecule has 0 aliphatic rings. The SMILES string of the molecule is O=C(OCc1c(F)c(F)c(F)c(F)c1F)c1ccc([N+](=O)[O-])cc1. The molecule has 0 bridgehead atoms. The number of halogens is 5. The molecule has 2 aromatic rings. The van der Waals surface area contributed by atoms with Crippen LogP contribution in [0.25, 0.3) is 0 Å². The molecule has 0 spiro atoms. The van der Waals surface area contributed by atoms with Gasteiger partial charge < -0.3 is 4.74 Å². The zero-order chi connectivity index (χ0) is 18.0. The summed E-state index contributed by atoms with van der Waals surface area (Å²) >= 11 is 0. The van der Waals surface area contributed by atoms with Gasteiger partial charge in [-0.15, -0.1) is 0 Å². The summed E-state index contributed by atoms with van der Waals surface area (Å²) in [4.78, 5) is 21.4. The van der Waals surface area contributed by atoms with Gasteiger partial charge in [-0.2, -0.15) is 0 Å². The number of carbonyl (C=O) groups excluding carboxylic acids is 1. The van der Waals surface area contributed by atoms with Crippen LogP contribution in [0.1, 0.15) is 15.9 Å². The van der Waals surface area contributed by atoms with E-state index in [2.05, 4.69) is 4.74 Å². The molecule has 0 saturated heterocycles. The van der Waals surface area contributed by atoms with Crippen molar-refractivity contribution in [3.05, 3.63) is 74.6 Å². The Kier molecular flexibility index (Phi) is 4.77. The molecule has 0 aliphatic heterocycles. The predicted molar refractivity (Wildman–Crippen MR) is 68.4 cm³/mol. The van der Waals surface area contributed by atoms with Crippen LogP contribution >= 0.6 is 0 Å². The molecule has 126 valence electrons. The highest BCUT2D eigenvalue weighted by atomic mass is 19.2. The molecule has 2 aromatic carbocycles. The Hall–Kier alpha value is -3.04. The topological polar surface area (TPSA) is 69.4 Å². The van der Waals surface area contributed by atoms with Crippen LogP contribution in [0.3, 0.4) is 0 Å². The number of rotatable bonds is 4. The van der Waals surface area contributed by atoms with Crippen LogP contribution in [0, 0.1) is 39.2 Å². The van der Waals surface area contributed by atoms with E-state index in [4.69, 9.17) is 0 Å². The van der Waals surface area contributed by atoms with Crippen LogP contribution in [-0.4, -0.2) is 10.9 Å². The molecule has 2 rings (SSSR count). The van der Waals surface area contributed by atoms with Crippen molar-refractivity contribution in [3.8, 4) is 0 Å². The molecule has 0 radical (unpaired) electrons. The Morgan fingerprint density at radius 3 is 1.83 bits per heavy atom. The maximum absolute atomic E-state index is 13.4. The summed E-state index contributed by atoms with van der Waals surface area (Å²) in [6.45, 7) is -1.21. The van der Waals surface area contributed by atoms with Gasteiger partial charge in [0, 0.05) is 12.1 Å². The van der Waals surface area contributed by atoms with Crippen LogP contribution < -0.4 is 0 Å². The van der Waals surface area contributed by atoms with Crippen molar-refractivity contribution in [1.29, 1.82) is 0 Å². The fourth-order valence-electron chi connectivity index (χ4n) is 1.72. The third-order valence-corrected chi connectivity index (χ3v) is 2.96. The minimum atomic E-state index is -2.32. The Morgan fingerprint density at radius 2 is 1.38 bits per heavy atom. The van der Waals surface area contributed by atoms with E-state index < -0.39 is 52.1 Å². The molecule has 0 N–H and O–H groups in total. The lowest BCUT2D eigenvalue weighted by atomic mass is 10.1. The molecular formula is C14H6F5NO4. The number of carbonyl (C=O) groups is 1. The maximum Gasteiger partial charge on any atom is 0.338 e. The molecule has 24 heavy (non-hydrogen) atoms. The lowest BCUT2D eigenvalue weighted by Gasteiger charge is -2.09. The average molecular weight is 347 g/mol. The van der Waals surface area contributed by atoms with Gasteiger partial charge in [0.05, 0.1) is 16.1 Å². The van der Waals surface area contributed by atoms with Crippen molar-refractivity contribution in [2.45, 2.75) is 6.61 Å². The molecule has 0 saturated carbocycles. The second-order valence-corrected chi connectivity index (χ2v) is 4.43. The van der Waals surface area contributed by atoms with Crippen LogP contribution in [0.5, 0.6) is 0 Å². The fourth-order valence-corrected chi connectivity index (χ4v) is 1.72. The number of benzene rings is 2. The van der Waals surface area contributed by atoms with Gasteiger partial charge in [-0.3, -0.25) is 10.1 Å². The van der Waals surface area contributed by atoms with Gasteiger partial charge in [-0.1, -0.05) is 0 Å². The van der Waals surface area contributed by atoms with Crippen LogP contribution in [-0.2, 0) is 11.3 Å². The van der Waals surface area contributed by atoms with Crippen LogP contribution in [0.15, 0.2) is 24.3 Å². The van der Waals surface area contributed by atoms with Crippen LogP contribution in [0.4, 0.5) is 27.6 Å². The Labute approximate surface area is 130 Å². The second kappa shape index (κ2) is 6.60. The summed E-state index contributed by atoms with van der Waals surface area (Å²) in [7, 11) is 0. The molecule has 0 amide bonds. The van der Waals surface area contributed by atoms with Gasteiger partial charge in [0.2, 0.25) is 5.82 Å². The van der Waals surface area contributed by atoms with Crippen molar-refractivity contribution < 1.29 is 36.4 Å². The first-order valence-corrected chi connectivity index (χ1v) is 6.16. The van der Waals surface area contributed by atoms with Crippen molar-refractivity contribution in [2.24, 2.45) is 0 Å². The van der Waals surface area contributed by atoms with E-state index in [0.29, 0.717) is 0 Å². The lowest BCUT2D eigenvalue weighted by Crippen LogP contribution is -2.11. The molecule has 0 aliphatic carbocycles. The second-order valence-electron chi connectivity index (χ2n) is 4.43. The summed E-state index contributed by atoms with van der Waals surface area (Å²) in [6.07, 6.45) is 0. The van der Waals surface area contributed by atoms with Crippen molar-refractivity contribution in [2.75, 3.05) is 0 Å². The highest BCUT2D eigenvalue weighted by Gasteiger charge is 2.26. The molecule has 5 nitrogen and oxygen atoms in total. The molecule has 10 heteroatoms. The van der Waals surface area contributed by atoms with E-state index >= 15 is 0 Å². The molecule has 0 aromatic heterocycles. The van der Waals surface area contributed by atoms with Gasteiger partial charge in [0.15, 0.2) is 23.3 Å². The fraction of sp³-hybridized carbons (Fsp3) is 0.0714. The third kappa shape index (κ3) is 3.16. The minimum Gasteiger partial charge on any atom is -0.457 e. The van der Waals surface area contributed by atoms with E-state index in [1.54, 1.807) is 0 Å². The molecule has 0 unspecified atom stereocenters. The number of nitro benzene ring substituents is 1. The van der Waals surface area contributed by atoms with E-state index in [-0.39, 0.29) is 11.3 Å². The third-order valence-electron chi connectivity index (χ3n) is 2.96. The number of hydrogen-bond donors (Lipinski definition) is 0. The van der Waals surface area contributed by atoms with E-state index in [1.807, 2.05) is 0 Å². The predicted octanol–water partition coefficient (Wildman–Crippen LogP) is 3.65. The zero-order valence-electron chi connectivity index (χ0n) is 11.5. The van der Waals surface area contributed by atoms with Gasteiger partial charge in [-0.05, 0) is 12.1 Å². The van der Waals surface area contributed by atoms with Crippen molar-refractivity contribution >= 4 is 11.7 Å². The summed E-state index contributed by atoms with van der Waals surface area (Å²) in [5.41, 5.74) is -1.82. The van der Waals surface area contributed by atoms with Crippen LogP contribution in [0.2, 0.25) is 0 Å². The number of hydrogen-bond acceptors (Lipinski definition) is 4. The smallest absolute Gasteiger partial charge is 0.338 e. The summed E-state index contributed by atoms with van der Waals surface area (Å²) < 4.78 is 70.2. The summed E-state index contributed by atoms with van der Waals surface area (Å²) in [5.74, 6) is -12.0. The van der Waals surface area contributed by atoms with Gasteiger partial charge in [0.1, 0.15) is 6.61 Å². The number of ether oxygens (including phenoxy) is 1. The number of nitro groups is 1. The Balaban J connectivity index is 2.19. The summed E-state index contributed by atoms with van der Waals surface area (Å²) in [6, 6.07) is 3.99. The molecule has 0 atom stereocenters. The van der Waals surface area contributed by atoms with Crippen molar-refractivity contribution in [1.82, 2.24) is 0 Å². The average Bonchev–Trinajstić information content (AvgIpc) is 2.58. The highest BCUT2D eigenvalue weighted by Crippen LogP contribution is 2.24. The molecule has 0 heterocycles. The highest BCUT2D eigenvalue weighted by molar-refractivity contribution is 5.89. The van der Waals surface area contributed by atoms with Gasteiger partial charge in [0.25, 0.3) is 5.69 Å². The first kappa shape index (κ1) is 17.3. The quantitative estimate of drug-likeness (QED) is 0.211. The van der Waals surface area contributed by atoms with Gasteiger partial charge in [-0.25, -0.2) is 26.7 Å². The van der Waals surface area contributed by atoms with E-state index in [9.17, 15) is 36.9 Å². The standard InChI is InChI=1S/C14H6F5NO4/c15-9-8(10(16)12(18)13(19)11(9)17)5-24-14(21)6-1-3-7(4-2-6)20(22)23/h1-4H,5H2.